The highest BCUT2D eigenvalue weighted by molar-refractivity contribution is 7.92. The molecule has 0 saturated heterocycles. The minimum Gasteiger partial charge on any atom is -0.226 e. The molecular weight excluding hydrogens is 336 g/mol. The van der Waals surface area contributed by atoms with Gasteiger partial charge >= 0.3 is 0 Å². The van der Waals surface area contributed by atoms with Gasteiger partial charge in [-0.2, -0.15) is 0 Å². The van der Waals surface area contributed by atoms with E-state index < -0.39 is 14.6 Å². The molecule has 0 amide bonds. The highest BCUT2D eigenvalue weighted by atomic mass is 35.5. The van der Waals surface area contributed by atoms with E-state index in [1.807, 2.05) is 20.8 Å². The first kappa shape index (κ1) is 17.7. The highest BCUT2D eigenvalue weighted by Crippen LogP contribution is 2.33. The molecule has 0 atom stereocenters. The molecule has 6 nitrogen and oxygen atoms in total. The number of rotatable bonds is 3. The number of hydrogen-bond acceptors (Lipinski definition) is 6. The summed E-state index contributed by atoms with van der Waals surface area (Å²) in [6.45, 7) is 9.16. The van der Waals surface area contributed by atoms with Crippen LogP contribution in [-0.2, 0) is 20.0 Å². The zero-order valence-electron chi connectivity index (χ0n) is 13.7. The second kappa shape index (κ2) is 5.79. The van der Waals surface area contributed by atoms with Crippen LogP contribution in [0.1, 0.15) is 45.7 Å². The van der Waals surface area contributed by atoms with Gasteiger partial charge in [-0.15, -0.1) is 0 Å². The van der Waals surface area contributed by atoms with Crippen LogP contribution in [0.3, 0.4) is 0 Å². The van der Waals surface area contributed by atoms with Crippen LogP contribution < -0.4 is 0 Å². The molecule has 0 radical (unpaired) electrons. The third kappa shape index (κ3) is 3.35. The summed E-state index contributed by atoms with van der Waals surface area (Å²) in [4.78, 5) is 15.8. The topological polar surface area (TPSA) is 85.7 Å². The average Bonchev–Trinajstić information content (AvgIpc) is 2.46. The Kier molecular flexibility index (Phi) is 4.47. The third-order valence-corrected chi connectivity index (χ3v) is 6.19. The van der Waals surface area contributed by atoms with Gasteiger partial charge in [-0.1, -0.05) is 20.8 Å². The summed E-state index contributed by atoms with van der Waals surface area (Å²) in [6, 6.07) is 0. The lowest BCUT2D eigenvalue weighted by Crippen LogP contribution is -2.31. The van der Waals surface area contributed by atoms with Crippen molar-refractivity contribution in [3.63, 3.8) is 0 Å². The lowest BCUT2D eigenvalue weighted by Gasteiger charge is -2.24. The molecule has 2 aromatic heterocycles. The van der Waals surface area contributed by atoms with Crippen LogP contribution in [0.2, 0.25) is 5.28 Å². The van der Waals surface area contributed by atoms with Gasteiger partial charge in [-0.25, -0.2) is 28.4 Å². The van der Waals surface area contributed by atoms with Crippen LogP contribution in [0.15, 0.2) is 29.9 Å². The maximum Gasteiger partial charge on any atom is 0.247 e. The zero-order valence-corrected chi connectivity index (χ0v) is 15.3. The molecule has 0 aromatic carbocycles. The van der Waals surface area contributed by atoms with Crippen LogP contribution in [0.25, 0.3) is 0 Å². The first-order valence-corrected chi connectivity index (χ1v) is 8.87. The van der Waals surface area contributed by atoms with Gasteiger partial charge in [0.25, 0.3) is 0 Å². The van der Waals surface area contributed by atoms with Gasteiger partial charge in [0, 0.05) is 30.4 Å². The fourth-order valence-corrected chi connectivity index (χ4v) is 3.20. The molecule has 2 rings (SSSR count). The van der Waals surface area contributed by atoms with E-state index in [4.69, 9.17) is 11.6 Å². The molecule has 0 aliphatic rings. The minimum atomic E-state index is -3.81. The summed E-state index contributed by atoms with van der Waals surface area (Å²) in [7, 11) is -3.81. The van der Waals surface area contributed by atoms with Gasteiger partial charge in [0.2, 0.25) is 20.3 Å². The van der Waals surface area contributed by atoms with Crippen molar-refractivity contribution < 1.29 is 8.42 Å². The van der Waals surface area contributed by atoms with Gasteiger partial charge < -0.3 is 0 Å². The molecule has 0 aliphatic carbocycles. The quantitative estimate of drug-likeness (QED) is 0.788. The predicted octanol–water partition coefficient (Wildman–Crippen LogP) is 2.93. The summed E-state index contributed by atoms with van der Waals surface area (Å²) in [5.74, 6) is 0. The smallest absolute Gasteiger partial charge is 0.226 e. The maximum atomic E-state index is 12.9. The van der Waals surface area contributed by atoms with E-state index in [9.17, 15) is 8.42 Å². The van der Waals surface area contributed by atoms with Crippen molar-refractivity contribution in [2.24, 2.45) is 0 Å². The fourth-order valence-electron chi connectivity index (χ4n) is 1.85. The molecule has 8 heteroatoms. The molecule has 0 aliphatic heterocycles. The van der Waals surface area contributed by atoms with Crippen LogP contribution in [-0.4, -0.2) is 28.4 Å². The Morgan fingerprint density at radius 2 is 1.26 bits per heavy atom. The number of halogens is 1. The first-order valence-electron chi connectivity index (χ1n) is 7.01. The van der Waals surface area contributed by atoms with E-state index in [0.717, 1.165) is 5.56 Å². The molecule has 0 fully saturated rings. The van der Waals surface area contributed by atoms with E-state index in [0.29, 0.717) is 5.56 Å². The lowest BCUT2D eigenvalue weighted by atomic mass is 9.89. The van der Waals surface area contributed by atoms with Crippen LogP contribution in [0.4, 0.5) is 0 Å². The van der Waals surface area contributed by atoms with Crippen molar-refractivity contribution in [2.75, 3.05) is 0 Å². The van der Waals surface area contributed by atoms with Gasteiger partial charge in [0.05, 0.1) is 0 Å². The van der Waals surface area contributed by atoms with Gasteiger partial charge in [-0.3, -0.25) is 0 Å². The third-order valence-electron chi connectivity index (χ3n) is 3.72. The summed E-state index contributed by atoms with van der Waals surface area (Å²) >= 11 is 5.66. The molecule has 2 heterocycles. The molecule has 2 aromatic rings. The number of hydrogen-bond donors (Lipinski definition) is 0. The SMILES string of the molecule is CC(C)(C)c1cnc(S(=O)(=O)C(C)(C)c2cnc(Cl)nc2)nc1. The number of nitrogens with zero attached hydrogens (tertiary/aromatic N) is 4. The molecule has 0 saturated carbocycles. The van der Waals surface area contributed by atoms with E-state index in [-0.39, 0.29) is 15.9 Å². The summed E-state index contributed by atoms with van der Waals surface area (Å²) < 4.78 is 24.5. The van der Waals surface area contributed by atoms with Crippen molar-refractivity contribution in [3.05, 3.63) is 41.2 Å². The van der Waals surface area contributed by atoms with Gasteiger partial charge in [0.15, 0.2) is 0 Å². The second-order valence-corrected chi connectivity index (χ2v) is 9.49. The van der Waals surface area contributed by atoms with Crippen molar-refractivity contribution in [1.82, 2.24) is 19.9 Å². The molecule has 124 valence electrons. The van der Waals surface area contributed by atoms with Crippen molar-refractivity contribution >= 4 is 21.4 Å². The van der Waals surface area contributed by atoms with Gasteiger partial charge in [0.1, 0.15) is 4.75 Å². The number of sulfone groups is 1. The van der Waals surface area contributed by atoms with Gasteiger partial charge in [-0.05, 0) is 36.4 Å². The second-order valence-electron chi connectivity index (χ2n) is 6.76. The maximum absolute atomic E-state index is 12.9. The lowest BCUT2D eigenvalue weighted by molar-refractivity contribution is 0.540. The zero-order chi connectivity index (χ0) is 17.5. The van der Waals surface area contributed by atoms with Crippen LogP contribution >= 0.6 is 11.6 Å². The summed E-state index contributed by atoms with van der Waals surface area (Å²) in [5.41, 5.74) is 1.14. The van der Waals surface area contributed by atoms with Crippen molar-refractivity contribution in [1.29, 1.82) is 0 Å². The van der Waals surface area contributed by atoms with E-state index in [2.05, 4.69) is 19.9 Å². The highest BCUT2D eigenvalue weighted by Gasteiger charge is 2.40. The molecular formula is C15H19ClN4O2S. The monoisotopic (exact) mass is 354 g/mol. The van der Waals surface area contributed by atoms with Crippen molar-refractivity contribution in [2.45, 2.75) is 49.9 Å². The Balaban J connectivity index is 2.46. The minimum absolute atomic E-state index is 0.0627. The Morgan fingerprint density at radius 1 is 0.826 bits per heavy atom. The molecule has 0 spiro atoms. The summed E-state index contributed by atoms with van der Waals surface area (Å²) in [5, 5.41) is -0.154. The van der Waals surface area contributed by atoms with Crippen molar-refractivity contribution in [3.8, 4) is 0 Å². The first-order chi connectivity index (χ1) is 10.5. The number of aromatic nitrogens is 4. The predicted molar refractivity (Wildman–Crippen MR) is 88.0 cm³/mol. The van der Waals surface area contributed by atoms with Crippen LogP contribution in [0.5, 0.6) is 0 Å². The molecule has 0 unspecified atom stereocenters. The largest absolute Gasteiger partial charge is 0.247 e. The Morgan fingerprint density at radius 3 is 1.70 bits per heavy atom. The summed E-state index contributed by atoms with van der Waals surface area (Å²) in [6.07, 6.45) is 5.90. The Hall–Kier alpha value is -1.60. The Bertz CT molecular complexity index is 795. The standard InChI is InChI=1S/C15H19ClN4O2S/c1-14(2,3)10-6-19-13(20-7-10)23(21,22)15(4,5)11-8-17-12(16)18-9-11/h6-9H,1-5H3. The van der Waals surface area contributed by atoms with E-state index in [1.54, 1.807) is 26.2 Å². The molecule has 23 heavy (non-hydrogen) atoms. The molecule has 0 N–H and O–H groups in total. The van der Waals surface area contributed by atoms with E-state index >= 15 is 0 Å². The Labute approximate surface area is 141 Å². The van der Waals surface area contributed by atoms with E-state index in [1.165, 1.54) is 12.4 Å². The normalized spacial score (nSPS) is 13.1. The average molecular weight is 355 g/mol. The van der Waals surface area contributed by atoms with Crippen LogP contribution in [0, 0.1) is 0 Å². The molecule has 0 bridgehead atoms. The fraction of sp³-hybridized carbons (Fsp3) is 0.467.